The first-order valence-electron chi connectivity index (χ1n) is 8.79. The van der Waals surface area contributed by atoms with Crippen molar-refractivity contribution in [1.29, 1.82) is 0 Å². The van der Waals surface area contributed by atoms with Gasteiger partial charge in [0.05, 0.1) is 0 Å². The molecule has 2 fully saturated rings. The van der Waals surface area contributed by atoms with Gasteiger partial charge in [-0.15, -0.1) is 0 Å². The van der Waals surface area contributed by atoms with Crippen molar-refractivity contribution in [3.05, 3.63) is 0 Å². The summed E-state index contributed by atoms with van der Waals surface area (Å²) in [4.78, 5) is 2.73. The van der Waals surface area contributed by atoms with Gasteiger partial charge in [-0.05, 0) is 70.1 Å². The van der Waals surface area contributed by atoms with Crippen LogP contribution < -0.4 is 5.32 Å². The van der Waals surface area contributed by atoms with Gasteiger partial charge in [0.25, 0.3) is 0 Å². The monoisotopic (exact) mass is 266 g/mol. The third-order valence-electron chi connectivity index (χ3n) is 5.35. The van der Waals surface area contributed by atoms with Crippen molar-refractivity contribution >= 4 is 0 Å². The summed E-state index contributed by atoms with van der Waals surface area (Å²) in [6, 6.07) is 0.822. The molecule has 2 unspecified atom stereocenters. The Kier molecular flexibility index (Phi) is 6.66. The van der Waals surface area contributed by atoms with Crippen molar-refractivity contribution in [2.45, 2.75) is 71.3 Å². The first kappa shape index (κ1) is 15.3. The standard InChI is InChI=1S/C17H34N2/c1-3-6-15-9-12-19(13-10-15)14-11-16-7-5-8-17(16)18-4-2/h15-18H,3-14H2,1-2H3. The second-order valence-electron chi connectivity index (χ2n) is 6.72. The molecule has 1 aliphatic heterocycles. The molecule has 0 amide bonds. The van der Waals surface area contributed by atoms with Gasteiger partial charge in [-0.2, -0.15) is 0 Å². The lowest BCUT2D eigenvalue weighted by Crippen LogP contribution is -2.37. The van der Waals surface area contributed by atoms with Gasteiger partial charge in [-0.25, -0.2) is 0 Å². The van der Waals surface area contributed by atoms with E-state index in [2.05, 4.69) is 24.1 Å². The van der Waals surface area contributed by atoms with Gasteiger partial charge in [-0.1, -0.05) is 33.1 Å². The predicted octanol–water partition coefficient (Wildman–Crippen LogP) is 3.67. The number of nitrogens with zero attached hydrogens (tertiary/aromatic N) is 1. The van der Waals surface area contributed by atoms with Crippen LogP contribution in [0.4, 0.5) is 0 Å². The molecule has 2 aliphatic rings. The van der Waals surface area contributed by atoms with Gasteiger partial charge in [0.1, 0.15) is 0 Å². The Hall–Kier alpha value is -0.0800. The third kappa shape index (κ3) is 4.75. The molecule has 1 N–H and O–H groups in total. The summed E-state index contributed by atoms with van der Waals surface area (Å²) < 4.78 is 0. The summed E-state index contributed by atoms with van der Waals surface area (Å²) in [5.74, 6) is 1.98. The number of nitrogens with one attached hydrogen (secondary N) is 1. The smallest absolute Gasteiger partial charge is 0.00956 e. The fourth-order valence-electron chi connectivity index (χ4n) is 4.17. The van der Waals surface area contributed by atoms with E-state index in [0.717, 1.165) is 24.4 Å². The minimum Gasteiger partial charge on any atom is -0.314 e. The Morgan fingerprint density at radius 1 is 1.00 bits per heavy atom. The van der Waals surface area contributed by atoms with Crippen molar-refractivity contribution in [3.8, 4) is 0 Å². The average molecular weight is 266 g/mol. The van der Waals surface area contributed by atoms with Gasteiger partial charge < -0.3 is 10.2 Å². The fraction of sp³-hybridized carbons (Fsp3) is 1.00. The van der Waals surface area contributed by atoms with Crippen LogP contribution in [0.2, 0.25) is 0 Å². The summed E-state index contributed by atoms with van der Waals surface area (Å²) >= 11 is 0. The van der Waals surface area contributed by atoms with Gasteiger partial charge >= 0.3 is 0 Å². The molecule has 0 radical (unpaired) electrons. The van der Waals surface area contributed by atoms with Crippen LogP contribution in [0.25, 0.3) is 0 Å². The van der Waals surface area contributed by atoms with E-state index in [-0.39, 0.29) is 0 Å². The quantitative estimate of drug-likeness (QED) is 0.756. The molecule has 0 spiro atoms. The van der Waals surface area contributed by atoms with Crippen LogP contribution in [0, 0.1) is 11.8 Å². The number of likely N-dealkylation sites (tertiary alicyclic amines) is 1. The molecule has 1 saturated heterocycles. The van der Waals surface area contributed by atoms with Gasteiger partial charge in [-0.3, -0.25) is 0 Å². The lowest BCUT2D eigenvalue weighted by atomic mass is 9.92. The van der Waals surface area contributed by atoms with E-state index in [1.165, 1.54) is 71.0 Å². The largest absolute Gasteiger partial charge is 0.314 e. The summed E-state index contributed by atoms with van der Waals surface area (Å²) in [5, 5.41) is 3.69. The molecule has 1 saturated carbocycles. The molecule has 2 nitrogen and oxygen atoms in total. The molecule has 0 aromatic carbocycles. The van der Waals surface area contributed by atoms with Crippen molar-refractivity contribution in [2.24, 2.45) is 11.8 Å². The Labute approximate surface area is 120 Å². The van der Waals surface area contributed by atoms with E-state index in [0.29, 0.717) is 0 Å². The van der Waals surface area contributed by atoms with Gasteiger partial charge in [0, 0.05) is 6.04 Å². The molecule has 0 aromatic rings. The van der Waals surface area contributed by atoms with Crippen molar-refractivity contribution in [1.82, 2.24) is 10.2 Å². The normalized spacial score (nSPS) is 30.0. The molecule has 1 aliphatic carbocycles. The lowest BCUT2D eigenvalue weighted by molar-refractivity contribution is 0.165. The Bertz CT molecular complexity index is 233. The van der Waals surface area contributed by atoms with Crippen LogP contribution in [0.1, 0.15) is 65.2 Å². The van der Waals surface area contributed by atoms with E-state index in [1.807, 2.05) is 0 Å². The van der Waals surface area contributed by atoms with Crippen LogP contribution >= 0.6 is 0 Å². The number of piperidine rings is 1. The van der Waals surface area contributed by atoms with E-state index in [9.17, 15) is 0 Å². The molecule has 19 heavy (non-hydrogen) atoms. The van der Waals surface area contributed by atoms with Crippen LogP contribution in [0.3, 0.4) is 0 Å². The number of hydrogen-bond acceptors (Lipinski definition) is 2. The SMILES string of the molecule is CCCC1CCN(CCC2CCCC2NCC)CC1. The van der Waals surface area contributed by atoms with Crippen molar-refractivity contribution < 1.29 is 0 Å². The maximum Gasteiger partial charge on any atom is 0.00956 e. The lowest BCUT2D eigenvalue weighted by Gasteiger charge is -2.33. The van der Waals surface area contributed by atoms with Crippen LogP contribution in [0.5, 0.6) is 0 Å². The van der Waals surface area contributed by atoms with Crippen molar-refractivity contribution in [3.63, 3.8) is 0 Å². The minimum absolute atomic E-state index is 0.822. The molecule has 2 atom stereocenters. The molecule has 112 valence electrons. The zero-order valence-corrected chi connectivity index (χ0v) is 13.2. The van der Waals surface area contributed by atoms with Gasteiger partial charge in [0.15, 0.2) is 0 Å². The second-order valence-corrected chi connectivity index (χ2v) is 6.72. The molecule has 2 rings (SSSR count). The van der Waals surface area contributed by atoms with Crippen molar-refractivity contribution in [2.75, 3.05) is 26.2 Å². The highest BCUT2D eigenvalue weighted by Gasteiger charge is 2.27. The third-order valence-corrected chi connectivity index (χ3v) is 5.35. The number of rotatable bonds is 7. The minimum atomic E-state index is 0.822. The van der Waals surface area contributed by atoms with E-state index >= 15 is 0 Å². The maximum absolute atomic E-state index is 3.69. The molecular weight excluding hydrogens is 232 g/mol. The Balaban J connectivity index is 1.63. The van der Waals surface area contributed by atoms with Gasteiger partial charge in [0.2, 0.25) is 0 Å². The zero-order valence-electron chi connectivity index (χ0n) is 13.2. The Morgan fingerprint density at radius 3 is 2.47 bits per heavy atom. The highest BCUT2D eigenvalue weighted by Crippen LogP contribution is 2.29. The molecular formula is C17H34N2. The number of hydrogen-bond donors (Lipinski definition) is 1. The molecule has 1 heterocycles. The summed E-state index contributed by atoms with van der Waals surface area (Å²) in [6.07, 6.45) is 11.5. The van der Waals surface area contributed by atoms with Crippen LogP contribution in [0.15, 0.2) is 0 Å². The molecule has 2 heteroatoms. The first-order chi connectivity index (χ1) is 9.33. The van der Waals surface area contributed by atoms with E-state index in [4.69, 9.17) is 0 Å². The summed E-state index contributed by atoms with van der Waals surface area (Å²) in [7, 11) is 0. The van der Waals surface area contributed by atoms with E-state index < -0.39 is 0 Å². The fourth-order valence-corrected chi connectivity index (χ4v) is 4.17. The maximum atomic E-state index is 3.69. The summed E-state index contributed by atoms with van der Waals surface area (Å²) in [6.45, 7) is 9.79. The predicted molar refractivity (Wildman–Crippen MR) is 83.5 cm³/mol. The molecule has 0 bridgehead atoms. The highest BCUT2D eigenvalue weighted by molar-refractivity contribution is 4.84. The van der Waals surface area contributed by atoms with Crippen LogP contribution in [-0.4, -0.2) is 37.1 Å². The summed E-state index contributed by atoms with van der Waals surface area (Å²) in [5.41, 5.74) is 0. The molecule has 0 aromatic heterocycles. The second kappa shape index (κ2) is 8.26. The van der Waals surface area contributed by atoms with E-state index in [1.54, 1.807) is 0 Å². The topological polar surface area (TPSA) is 15.3 Å². The highest BCUT2D eigenvalue weighted by atomic mass is 15.1. The van der Waals surface area contributed by atoms with Crippen LogP contribution in [-0.2, 0) is 0 Å². The zero-order chi connectivity index (χ0) is 13.5. The average Bonchev–Trinajstić information content (AvgIpc) is 2.86. The Morgan fingerprint density at radius 2 is 1.79 bits per heavy atom. The first-order valence-corrected chi connectivity index (χ1v) is 8.79.